The van der Waals surface area contributed by atoms with Gasteiger partial charge in [-0.2, -0.15) is 0 Å². The predicted molar refractivity (Wildman–Crippen MR) is 88.9 cm³/mol. The first-order valence-corrected chi connectivity index (χ1v) is 7.97. The molecule has 0 spiro atoms. The van der Waals surface area contributed by atoms with E-state index in [1.54, 1.807) is 0 Å². The Bertz CT molecular complexity index is 809. The van der Waals surface area contributed by atoms with Crippen molar-refractivity contribution in [3.63, 3.8) is 0 Å². The molecule has 0 saturated heterocycles. The maximum Gasteiger partial charge on any atom is 0.323 e. The number of nitrogens with one attached hydrogen (secondary N) is 2. The van der Waals surface area contributed by atoms with E-state index >= 15 is 0 Å². The number of fused-ring (bicyclic) bond motifs is 2. The van der Waals surface area contributed by atoms with Gasteiger partial charge < -0.3 is 20.1 Å². The van der Waals surface area contributed by atoms with Crippen molar-refractivity contribution >= 4 is 29.0 Å². The number of anilines is 2. The summed E-state index contributed by atoms with van der Waals surface area (Å²) in [4.78, 5) is 12.3. The van der Waals surface area contributed by atoms with Gasteiger partial charge in [0.1, 0.15) is 17.3 Å². The molecule has 2 N–H and O–H groups in total. The van der Waals surface area contributed by atoms with Crippen molar-refractivity contribution in [2.75, 3.05) is 23.8 Å². The Kier molecular flexibility index (Phi) is 3.69. The minimum absolute atomic E-state index is 0.0500. The molecule has 0 bridgehead atoms. The number of benzene rings is 2. The molecule has 2 aromatic rings. The van der Waals surface area contributed by atoms with Crippen LogP contribution in [0, 0.1) is 5.82 Å². The summed E-state index contributed by atoms with van der Waals surface area (Å²) in [5, 5.41) is 5.43. The highest BCUT2D eigenvalue weighted by molar-refractivity contribution is 6.31. The van der Waals surface area contributed by atoms with E-state index in [1.165, 1.54) is 18.2 Å². The summed E-state index contributed by atoms with van der Waals surface area (Å²) >= 11 is 5.73. The third-order valence-electron chi connectivity index (χ3n) is 4.07. The summed E-state index contributed by atoms with van der Waals surface area (Å²) in [6.45, 7) is 1.17. The van der Waals surface area contributed by atoms with Crippen LogP contribution in [0.2, 0.25) is 5.02 Å². The summed E-state index contributed by atoms with van der Waals surface area (Å²) in [5.74, 6) is 0.956. The number of rotatable bonds is 2. The molecular weight excluding hydrogens is 335 g/mol. The average molecular weight is 349 g/mol. The number of amides is 2. The molecule has 2 aliphatic rings. The number of halogens is 2. The third-order valence-corrected chi connectivity index (χ3v) is 4.36. The highest BCUT2D eigenvalue weighted by Gasteiger charge is 2.27. The SMILES string of the molecule is O=C(Nc1ccc(F)c(Cl)c1)Nc1c2c(cc3c1OCC3)OCC2. The van der Waals surface area contributed by atoms with Gasteiger partial charge in [0, 0.05) is 29.7 Å². The standard InChI is InChI=1S/C17H14ClFN2O3/c18-12-8-10(1-2-13(12)19)20-17(22)21-15-11-4-6-23-14(11)7-9-3-5-24-16(9)15/h1-2,7-8H,3-6H2,(H2,20,21,22). The lowest BCUT2D eigenvalue weighted by Crippen LogP contribution is -2.20. The second kappa shape index (κ2) is 5.87. The molecular formula is C17H14ClFN2O3. The Morgan fingerprint density at radius 3 is 2.79 bits per heavy atom. The van der Waals surface area contributed by atoms with Gasteiger partial charge in [0.25, 0.3) is 0 Å². The molecule has 2 aromatic carbocycles. The summed E-state index contributed by atoms with van der Waals surface area (Å²) in [7, 11) is 0. The third kappa shape index (κ3) is 2.63. The van der Waals surface area contributed by atoms with Crippen LogP contribution in [0.15, 0.2) is 24.3 Å². The van der Waals surface area contributed by atoms with E-state index in [1.807, 2.05) is 6.07 Å². The number of urea groups is 1. The summed E-state index contributed by atoms with van der Waals surface area (Å²) in [6.07, 6.45) is 1.50. The first kappa shape index (κ1) is 15.1. The van der Waals surface area contributed by atoms with E-state index in [2.05, 4.69) is 10.6 Å². The molecule has 4 rings (SSSR count). The Morgan fingerprint density at radius 2 is 1.96 bits per heavy atom. The second-order valence-corrected chi connectivity index (χ2v) is 6.03. The molecule has 2 heterocycles. The van der Waals surface area contributed by atoms with Crippen LogP contribution >= 0.6 is 11.6 Å². The number of ether oxygens (including phenoxy) is 2. The smallest absolute Gasteiger partial charge is 0.323 e. The first-order chi connectivity index (χ1) is 11.6. The van der Waals surface area contributed by atoms with Crippen LogP contribution in [0.25, 0.3) is 0 Å². The Labute approximate surface area is 142 Å². The Hall–Kier alpha value is -2.47. The van der Waals surface area contributed by atoms with E-state index in [0.29, 0.717) is 36.8 Å². The number of hydrogen-bond acceptors (Lipinski definition) is 3. The van der Waals surface area contributed by atoms with E-state index in [-0.39, 0.29) is 5.02 Å². The molecule has 7 heteroatoms. The fourth-order valence-electron chi connectivity index (χ4n) is 2.97. The average Bonchev–Trinajstić information content (AvgIpc) is 3.19. The van der Waals surface area contributed by atoms with Crippen LogP contribution < -0.4 is 20.1 Å². The molecule has 0 saturated carbocycles. The van der Waals surface area contributed by atoms with E-state index < -0.39 is 11.8 Å². The molecule has 24 heavy (non-hydrogen) atoms. The molecule has 124 valence electrons. The lowest BCUT2D eigenvalue weighted by atomic mass is 10.0. The van der Waals surface area contributed by atoms with Crippen LogP contribution in [-0.2, 0) is 12.8 Å². The molecule has 2 aliphatic heterocycles. The van der Waals surface area contributed by atoms with Crippen LogP contribution in [0.4, 0.5) is 20.6 Å². The summed E-state index contributed by atoms with van der Waals surface area (Å²) in [6, 6.07) is 5.53. The quantitative estimate of drug-likeness (QED) is 0.862. The van der Waals surface area contributed by atoms with Crippen LogP contribution in [0.1, 0.15) is 11.1 Å². The molecule has 0 unspecified atom stereocenters. The maximum atomic E-state index is 13.2. The number of hydrogen-bond donors (Lipinski definition) is 2. The van der Waals surface area contributed by atoms with Gasteiger partial charge in [-0.25, -0.2) is 9.18 Å². The molecule has 0 aromatic heterocycles. The van der Waals surface area contributed by atoms with Gasteiger partial charge in [0.15, 0.2) is 0 Å². The van der Waals surface area contributed by atoms with Crippen molar-refractivity contribution in [2.45, 2.75) is 12.8 Å². The Morgan fingerprint density at radius 1 is 1.12 bits per heavy atom. The van der Waals surface area contributed by atoms with E-state index in [0.717, 1.165) is 23.3 Å². The van der Waals surface area contributed by atoms with Crippen LogP contribution in [0.5, 0.6) is 11.5 Å². The van der Waals surface area contributed by atoms with Gasteiger partial charge in [-0.1, -0.05) is 11.6 Å². The lowest BCUT2D eigenvalue weighted by molar-refractivity contribution is 0.262. The summed E-state index contributed by atoms with van der Waals surface area (Å²) < 4.78 is 24.5. The monoisotopic (exact) mass is 348 g/mol. The predicted octanol–water partition coefficient (Wildman–Crippen LogP) is 3.99. The van der Waals surface area contributed by atoms with Crippen molar-refractivity contribution in [1.29, 1.82) is 0 Å². The highest BCUT2D eigenvalue weighted by Crippen LogP contribution is 2.44. The lowest BCUT2D eigenvalue weighted by Gasteiger charge is -2.14. The zero-order chi connectivity index (χ0) is 16.7. The minimum Gasteiger partial charge on any atom is -0.493 e. The van der Waals surface area contributed by atoms with Gasteiger partial charge in [0.05, 0.1) is 23.9 Å². The molecule has 5 nitrogen and oxygen atoms in total. The van der Waals surface area contributed by atoms with Crippen molar-refractivity contribution in [1.82, 2.24) is 0 Å². The van der Waals surface area contributed by atoms with Crippen molar-refractivity contribution in [2.24, 2.45) is 0 Å². The van der Waals surface area contributed by atoms with E-state index in [9.17, 15) is 9.18 Å². The van der Waals surface area contributed by atoms with Crippen LogP contribution in [0.3, 0.4) is 0 Å². The largest absolute Gasteiger partial charge is 0.493 e. The van der Waals surface area contributed by atoms with Crippen molar-refractivity contribution < 1.29 is 18.7 Å². The van der Waals surface area contributed by atoms with Gasteiger partial charge >= 0.3 is 6.03 Å². The van der Waals surface area contributed by atoms with Gasteiger partial charge in [-0.05, 0) is 24.3 Å². The number of carbonyl (C=O) groups is 1. The van der Waals surface area contributed by atoms with Gasteiger partial charge in [0.2, 0.25) is 0 Å². The Balaban J connectivity index is 1.59. The molecule has 2 amide bonds. The topological polar surface area (TPSA) is 59.6 Å². The van der Waals surface area contributed by atoms with Gasteiger partial charge in [-0.3, -0.25) is 0 Å². The normalized spacial score (nSPS) is 14.4. The highest BCUT2D eigenvalue weighted by atomic mass is 35.5. The molecule has 0 aliphatic carbocycles. The second-order valence-electron chi connectivity index (χ2n) is 5.62. The fourth-order valence-corrected chi connectivity index (χ4v) is 3.15. The minimum atomic E-state index is -0.535. The number of carbonyl (C=O) groups excluding carboxylic acids is 1. The van der Waals surface area contributed by atoms with Crippen LogP contribution in [-0.4, -0.2) is 19.2 Å². The molecule has 0 fully saturated rings. The zero-order valence-electron chi connectivity index (χ0n) is 12.6. The molecule has 0 atom stereocenters. The summed E-state index contributed by atoms with van der Waals surface area (Å²) in [5.41, 5.74) is 3.00. The first-order valence-electron chi connectivity index (χ1n) is 7.59. The van der Waals surface area contributed by atoms with Crippen molar-refractivity contribution in [3.8, 4) is 11.5 Å². The van der Waals surface area contributed by atoms with Gasteiger partial charge in [-0.15, -0.1) is 0 Å². The maximum absolute atomic E-state index is 13.2. The fraction of sp³-hybridized carbons (Fsp3) is 0.235. The zero-order valence-corrected chi connectivity index (χ0v) is 13.4. The molecule has 0 radical (unpaired) electrons. The van der Waals surface area contributed by atoms with Crippen molar-refractivity contribution in [3.05, 3.63) is 46.2 Å². The van der Waals surface area contributed by atoms with E-state index in [4.69, 9.17) is 21.1 Å².